The van der Waals surface area contributed by atoms with E-state index in [1.165, 1.54) is 0 Å². The normalized spacial score (nSPS) is 23.5. The number of hydrogen-bond acceptors (Lipinski definition) is 8. The van der Waals surface area contributed by atoms with E-state index in [9.17, 15) is 4.79 Å². The summed E-state index contributed by atoms with van der Waals surface area (Å²) in [6.07, 6.45) is 2.46. The van der Waals surface area contributed by atoms with E-state index >= 15 is 0 Å². The average Bonchev–Trinajstić information content (AvgIpc) is 3.14. The summed E-state index contributed by atoms with van der Waals surface area (Å²) in [5.41, 5.74) is 7.05. The molecular weight excluding hydrogens is 312 g/mol. The molecule has 9 heteroatoms. The summed E-state index contributed by atoms with van der Waals surface area (Å²) >= 11 is 0. The Morgan fingerprint density at radius 1 is 1.54 bits per heavy atom. The second-order valence-electron chi connectivity index (χ2n) is 5.90. The number of carbonyl (C=O) groups is 1. The number of ether oxygens (including phenoxy) is 2. The van der Waals surface area contributed by atoms with Crippen LogP contribution in [0.1, 0.15) is 32.9 Å². The second-order valence-corrected chi connectivity index (χ2v) is 5.90. The Morgan fingerprint density at radius 3 is 3.04 bits per heavy atom. The van der Waals surface area contributed by atoms with Gasteiger partial charge in [-0.15, -0.1) is 0 Å². The smallest absolute Gasteiger partial charge is 0.305 e. The number of nitrogens with two attached hydrogens (primary N) is 1. The molecule has 1 saturated heterocycles. The number of imidazole rings is 1. The van der Waals surface area contributed by atoms with E-state index in [1.807, 2.05) is 4.57 Å². The van der Waals surface area contributed by atoms with Crippen molar-refractivity contribution in [3.8, 4) is 0 Å². The maximum Gasteiger partial charge on any atom is 0.305 e. The number of fused-ring (bicyclic) bond motifs is 1. The maximum atomic E-state index is 11.3. The first-order valence-corrected chi connectivity index (χ1v) is 8.02. The van der Waals surface area contributed by atoms with E-state index in [2.05, 4.69) is 27.2 Å². The minimum atomic E-state index is -0.237. The lowest BCUT2D eigenvalue weighted by atomic mass is 10.1. The molecule has 1 aliphatic rings. The van der Waals surface area contributed by atoms with E-state index in [1.54, 1.807) is 20.3 Å². The van der Waals surface area contributed by atoms with E-state index in [-0.39, 0.29) is 36.8 Å². The highest BCUT2D eigenvalue weighted by atomic mass is 16.6. The van der Waals surface area contributed by atoms with Gasteiger partial charge in [0.05, 0.1) is 12.4 Å². The van der Waals surface area contributed by atoms with Crippen LogP contribution in [0.2, 0.25) is 0 Å². The topological polar surface area (TPSA) is 117 Å². The number of aromatic nitrogens is 4. The summed E-state index contributed by atoms with van der Waals surface area (Å²) in [5.74, 6) is 0.756. The van der Waals surface area contributed by atoms with Gasteiger partial charge in [0.2, 0.25) is 5.95 Å². The van der Waals surface area contributed by atoms with E-state index in [0.717, 1.165) is 6.42 Å². The number of nitrogens with zero attached hydrogens (tertiary/aromatic N) is 4. The Bertz CT molecular complexity index is 746. The molecule has 3 atom stereocenters. The molecule has 0 amide bonds. The molecule has 3 heterocycles. The van der Waals surface area contributed by atoms with Crippen LogP contribution in [0.5, 0.6) is 0 Å². The third-order valence-electron chi connectivity index (χ3n) is 4.12. The molecule has 0 radical (unpaired) electrons. The first-order valence-electron chi connectivity index (χ1n) is 8.02. The van der Waals surface area contributed by atoms with Crippen molar-refractivity contribution in [3.05, 3.63) is 6.33 Å². The van der Waals surface area contributed by atoms with Crippen molar-refractivity contribution in [1.29, 1.82) is 0 Å². The van der Waals surface area contributed by atoms with Gasteiger partial charge in [0.1, 0.15) is 12.8 Å². The molecule has 3 rings (SSSR count). The van der Waals surface area contributed by atoms with Crippen molar-refractivity contribution in [1.82, 2.24) is 19.5 Å². The standard InChI is InChI=1S/C15H22N6O3/c1-4-10(22)23-6-9-5-8(2)14(24-9)21-7-18-11-12(17-3)19-15(16)20-13(11)21/h7-9,14H,4-6H2,1-3H3,(H3,16,17,19,20)/t8-,9-,14+/m0/s1. The molecule has 0 unspecified atom stereocenters. The Balaban J connectivity index is 1.83. The Hall–Kier alpha value is -2.42. The first-order chi connectivity index (χ1) is 11.5. The van der Waals surface area contributed by atoms with Crippen LogP contribution >= 0.6 is 0 Å². The maximum absolute atomic E-state index is 11.3. The lowest BCUT2D eigenvalue weighted by molar-refractivity contribution is -0.148. The number of nitrogen functional groups attached to an aromatic ring is 1. The quantitative estimate of drug-likeness (QED) is 0.786. The van der Waals surface area contributed by atoms with Gasteiger partial charge in [-0.25, -0.2) is 4.98 Å². The summed E-state index contributed by atoms with van der Waals surface area (Å²) in [4.78, 5) is 24.1. The SMILES string of the molecule is CCC(=O)OC[C@@H]1C[C@H](C)[C@H](n2cnc3c(NC)nc(N)nc32)O1. The molecule has 0 bridgehead atoms. The number of rotatable bonds is 5. The summed E-state index contributed by atoms with van der Waals surface area (Å²) in [6, 6.07) is 0. The zero-order chi connectivity index (χ0) is 17.3. The van der Waals surface area contributed by atoms with Gasteiger partial charge in [0, 0.05) is 19.4 Å². The third-order valence-corrected chi connectivity index (χ3v) is 4.12. The first kappa shape index (κ1) is 16.4. The van der Waals surface area contributed by atoms with Crippen molar-refractivity contribution in [2.45, 2.75) is 39.0 Å². The molecule has 0 spiro atoms. The molecule has 0 saturated carbocycles. The minimum Gasteiger partial charge on any atom is -0.463 e. The Morgan fingerprint density at radius 2 is 2.33 bits per heavy atom. The van der Waals surface area contributed by atoms with Crippen molar-refractivity contribution in [2.75, 3.05) is 24.7 Å². The van der Waals surface area contributed by atoms with Gasteiger partial charge >= 0.3 is 5.97 Å². The van der Waals surface area contributed by atoms with Crippen molar-refractivity contribution in [2.24, 2.45) is 5.92 Å². The van der Waals surface area contributed by atoms with Gasteiger partial charge in [-0.05, 0) is 6.42 Å². The molecule has 0 aliphatic carbocycles. The van der Waals surface area contributed by atoms with Crippen LogP contribution in [0.15, 0.2) is 6.33 Å². The number of nitrogens with one attached hydrogen (secondary N) is 1. The lowest BCUT2D eigenvalue weighted by Gasteiger charge is -2.18. The Kier molecular flexibility index (Phi) is 4.52. The molecule has 2 aromatic heterocycles. The summed E-state index contributed by atoms with van der Waals surface area (Å²) < 4.78 is 13.1. The number of carbonyl (C=O) groups excluding carboxylic acids is 1. The zero-order valence-electron chi connectivity index (χ0n) is 14.0. The molecular formula is C15H22N6O3. The number of anilines is 2. The summed E-state index contributed by atoms with van der Waals surface area (Å²) in [5, 5.41) is 2.97. The van der Waals surface area contributed by atoms with Crippen LogP contribution in [-0.2, 0) is 14.3 Å². The van der Waals surface area contributed by atoms with Crippen LogP contribution in [0, 0.1) is 5.92 Å². The highest BCUT2D eigenvalue weighted by Crippen LogP contribution is 2.36. The number of hydrogen-bond donors (Lipinski definition) is 2. The monoisotopic (exact) mass is 334 g/mol. The van der Waals surface area contributed by atoms with E-state index < -0.39 is 0 Å². The second kappa shape index (κ2) is 6.60. The molecule has 0 aromatic carbocycles. The Labute approximate surface area is 139 Å². The molecule has 130 valence electrons. The van der Waals surface area contributed by atoms with Crippen LogP contribution in [0.25, 0.3) is 11.2 Å². The largest absolute Gasteiger partial charge is 0.463 e. The van der Waals surface area contributed by atoms with Gasteiger partial charge in [-0.2, -0.15) is 9.97 Å². The van der Waals surface area contributed by atoms with Crippen LogP contribution in [0.3, 0.4) is 0 Å². The summed E-state index contributed by atoms with van der Waals surface area (Å²) in [7, 11) is 1.76. The fourth-order valence-corrected chi connectivity index (χ4v) is 2.95. The van der Waals surface area contributed by atoms with Gasteiger partial charge in [-0.3, -0.25) is 9.36 Å². The number of esters is 1. The lowest BCUT2D eigenvalue weighted by Crippen LogP contribution is -2.19. The van der Waals surface area contributed by atoms with Gasteiger partial charge in [-0.1, -0.05) is 13.8 Å². The minimum absolute atomic E-state index is 0.138. The van der Waals surface area contributed by atoms with Crippen LogP contribution < -0.4 is 11.1 Å². The molecule has 2 aromatic rings. The molecule has 3 N–H and O–H groups in total. The van der Waals surface area contributed by atoms with Crippen LogP contribution in [-0.4, -0.2) is 45.2 Å². The third kappa shape index (κ3) is 2.99. The molecule has 1 fully saturated rings. The fraction of sp³-hybridized carbons (Fsp3) is 0.600. The van der Waals surface area contributed by atoms with Crippen LogP contribution in [0.4, 0.5) is 11.8 Å². The fourth-order valence-electron chi connectivity index (χ4n) is 2.95. The van der Waals surface area contributed by atoms with Gasteiger partial charge in [0.25, 0.3) is 0 Å². The van der Waals surface area contributed by atoms with E-state index in [4.69, 9.17) is 15.2 Å². The molecule has 1 aliphatic heterocycles. The van der Waals surface area contributed by atoms with Crippen molar-refractivity contribution >= 4 is 28.9 Å². The van der Waals surface area contributed by atoms with E-state index in [0.29, 0.717) is 23.4 Å². The highest BCUT2D eigenvalue weighted by molar-refractivity contribution is 5.84. The zero-order valence-corrected chi connectivity index (χ0v) is 14.0. The van der Waals surface area contributed by atoms with Crippen molar-refractivity contribution in [3.63, 3.8) is 0 Å². The predicted octanol–water partition coefficient (Wildman–Crippen LogP) is 1.33. The van der Waals surface area contributed by atoms with Crippen molar-refractivity contribution < 1.29 is 14.3 Å². The molecule has 9 nitrogen and oxygen atoms in total. The van der Waals surface area contributed by atoms with Gasteiger partial charge in [0.15, 0.2) is 17.0 Å². The van der Waals surface area contributed by atoms with Gasteiger partial charge < -0.3 is 20.5 Å². The predicted molar refractivity (Wildman–Crippen MR) is 88.2 cm³/mol. The highest BCUT2D eigenvalue weighted by Gasteiger charge is 2.35. The molecule has 24 heavy (non-hydrogen) atoms. The average molecular weight is 334 g/mol. The summed E-state index contributed by atoms with van der Waals surface area (Å²) in [6.45, 7) is 4.12.